The standard InChI is InChI=1S/C26H27N7O4/c1-16(2)37-20-14-28-24(33-15-29-17(3)30-33)22-21(20)19(13-27-22)23(34)26(36)32-11-9-31(10-12-32)25(35)18-7-5-4-6-8-18/h4-8,13-16,27H,9-12H2,1-3H3. The number of nitrogens with one attached hydrogen (secondary N) is 1. The van der Waals surface area contributed by atoms with Crippen LogP contribution < -0.4 is 4.74 Å². The van der Waals surface area contributed by atoms with Gasteiger partial charge in [-0.25, -0.2) is 14.6 Å². The van der Waals surface area contributed by atoms with Gasteiger partial charge in [-0.1, -0.05) is 18.2 Å². The highest BCUT2D eigenvalue weighted by molar-refractivity contribution is 6.45. The summed E-state index contributed by atoms with van der Waals surface area (Å²) < 4.78 is 7.44. The molecule has 1 aliphatic heterocycles. The molecule has 0 atom stereocenters. The van der Waals surface area contributed by atoms with Crippen LogP contribution in [-0.4, -0.2) is 84.4 Å². The Bertz CT molecular complexity index is 1470. The molecule has 4 aromatic rings. The first-order chi connectivity index (χ1) is 17.8. The normalized spacial score (nSPS) is 13.8. The number of rotatable bonds is 6. The van der Waals surface area contributed by atoms with Crippen LogP contribution in [0.1, 0.15) is 40.4 Å². The zero-order valence-corrected chi connectivity index (χ0v) is 20.8. The number of aromatic amines is 1. The third-order valence-corrected chi connectivity index (χ3v) is 6.15. The van der Waals surface area contributed by atoms with Crippen molar-refractivity contribution in [1.29, 1.82) is 0 Å². The summed E-state index contributed by atoms with van der Waals surface area (Å²) in [6.45, 7) is 6.74. The van der Waals surface area contributed by atoms with Crippen molar-refractivity contribution in [2.24, 2.45) is 0 Å². The van der Waals surface area contributed by atoms with Crippen LogP contribution in [-0.2, 0) is 4.79 Å². The molecular formula is C26H27N7O4. The number of piperazine rings is 1. The Labute approximate surface area is 213 Å². The molecule has 2 amide bonds. The molecule has 4 heterocycles. The minimum atomic E-state index is -0.658. The molecule has 0 radical (unpaired) electrons. The number of hydrogen-bond acceptors (Lipinski definition) is 7. The molecule has 190 valence electrons. The first kappa shape index (κ1) is 24.2. The largest absolute Gasteiger partial charge is 0.489 e. The minimum absolute atomic E-state index is 0.0884. The molecule has 0 aliphatic carbocycles. The number of aryl methyl sites for hydroxylation is 1. The zero-order valence-electron chi connectivity index (χ0n) is 20.8. The second kappa shape index (κ2) is 9.84. The van der Waals surface area contributed by atoms with Gasteiger partial charge in [0.05, 0.1) is 28.8 Å². The van der Waals surface area contributed by atoms with E-state index in [1.54, 1.807) is 24.0 Å². The molecule has 1 fully saturated rings. The van der Waals surface area contributed by atoms with Crippen LogP contribution in [0.15, 0.2) is 49.1 Å². The van der Waals surface area contributed by atoms with E-state index in [-0.39, 0.29) is 30.7 Å². The molecule has 1 N–H and O–H groups in total. The summed E-state index contributed by atoms with van der Waals surface area (Å²) in [5, 5.41) is 4.78. The van der Waals surface area contributed by atoms with Crippen LogP contribution in [0.3, 0.4) is 0 Å². The maximum absolute atomic E-state index is 13.4. The molecule has 0 bridgehead atoms. The molecule has 11 heteroatoms. The fraction of sp³-hybridized carbons (Fsp3) is 0.308. The summed E-state index contributed by atoms with van der Waals surface area (Å²) in [5.74, 6) is 0.0233. The fourth-order valence-corrected chi connectivity index (χ4v) is 4.38. The molecule has 0 spiro atoms. The van der Waals surface area contributed by atoms with Gasteiger partial charge in [-0.2, -0.15) is 5.10 Å². The number of benzene rings is 1. The van der Waals surface area contributed by atoms with E-state index in [4.69, 9.17) is 4.74 Å². The van der Waals surface area contributed by atoms with Crippen molar-refractivity contribution < 1.29 is 19.1 Å². The van der Waals surface area contributed by atoms with Gasteiger partial charge in [0.25, 0.3) is 17.6 Å². The van der Waals surface area contributed by atoms with Gasteiger partial charge in [0.15, 0.2) is 5.82 Å². The Morgan fingerprint density at radius 2 is 1.70 bits per heavy atom. The van der Waals surface area contributed by atoms with Gasteiger partial charge in [-0.3, -0.25) is 14.4 Å². The highest BCUT2D eigenvalue weighted by atomic mass is 16.5. The number of aromatic nitrogens is 5. The number of amides is 2. The lowest BCUT2D eigenvalue weighted by Crippen LogP contribution is -2.52. The van der Waals surface area contributed by atoms with Gasteiger partial charge >= 0.3 is 0 Å². The molecule has 3 aromatic heterocycles. The lowest BCUT2D eigenvalue weighted by molar-refractivity contribution is -0.127. The van der Waals surface area contributed by atoms with Crippen LogP contribution >= 0.6 is 0 Å². The van der Waals surface area contributed by atoms with Crippen molar-refractivity contribution in [3.8, 4) is 11.6 Å². The number of pyridine rings is 1. The van der Waals surface area contributed by atoms with E-state index in [9.17, 15) is 14.4 Å². The molecule has 0 unspecified atom stereocenters. The summed E-state index contributed by atoms with van der Waals surface area (Å²) in [4.78, 5) is 54.3. The predicted octanol–water partition coefficient (Wildman–Crippen LogP) is 2.41. The molecule has 1 aromatic carbocycles. The number of Topliss-reactive ketones (excluding diaryl/α,β-unsaturated/α-hetero) is 1. The molecule has 1 saturated heterocycles. The smallest absolute Gasteiger partial charge is 0.295 e. The second-order valence-corrected chi connectivity index (χ2v) is 9.08. The van der Waals surface area contributed by atoms with Crippen molar-refractivity contribution in [2.45, 2.75) is 26.9 Å². The van der Waals surface area contributed by atoms with Crippen molar-refractivity contribution in [1.82, 2.24) is 34.5 Å². The average molecular weight is 502 g/mol. The quantitative estimate of drug-likeness (QED) is 0.318. The molecule has 1 aliphatic rings. The molecule has 5 rings (SSSR count). The first-order valence-corrected chi connectivity index (χ1v) is 12.1. The van der Waals surface area contributed by atoms with Crippen molar-refractivity contribution >= 4 is 28.5 Å². The van der Waals surface area contributed by atoms with E-state index in [0.717, 1.165) is 0 Å². The lowest BCUT2D eigenvalue weighted by Gasteiger charge is -2.34. The molecule has 11 nitrogen and oxygen atoms in total. The van der Waals surface area contributed by atoms with E-state index in [1.807, 2.05) is 32.0 Å². The predicted molar refractivity (Wildman–Crippen MR) is 135 cm³/mol. The summed E-state index contributed by atoms with van der Waals surface area (Å²) in [5.41, 5.74) is 1.30. The van der Waals surface area contributed by atoms with E-state index in [0.29, 0.717) is 46.9 Å². The SMILES string of the molecule is Cc1ncn(-c2ncc(OC(C)C)c3c(C(=O)C(=O)N4CCN(C(=O)c5ccccc5)CC4)c[nH]c23)n1. The summed E-state index contributed by atoms with van der Waals surface area (Å²) in [7, 11) is 0. The van der Waals surface area contributed by atoms with Gasteiger partial charge < -0.3 is 19.5 Å². The number of ether oxygens (including phenoxy) is 1. The zero-order chi connectivity index (χ0) is 26.1. The Balaban J connectivity index is 1.39. The fourth-order valence-electron chi connectivity index (χ4n) is 4.38. The minimum Gasteiger partial charge on any atom is -0.489 e. The van der Waals surface area contributed by atoms with E-state index < -0.39 is 11.7 Å². The van der Waals surface area contributed by atoms with Crippen LogP contribution in [0.2, 0.25) is 0 Å². The van der Waals surface area contributed by atoms with E-state index in [2.05, 4.69) is 20.1 Å². The highest BCUT2D eigenvalue weighted by Gasteiger charge is 2.31. The summed E-state index contributed by atoms with van der Waals surface area (Å²) in [6, 6.07) is 9.01. The number of carbonyl (C=O) groups excluding carboxylic acids is 3. The van der Waals surface area contributed by atoms with Crippen LogP contribution in [0.4, 0.5) is 0 Å². The van der Waals surface area contributed by atoms with Crippen LogP contribution in [0, 0.1) is 6.92 Å². The van der Waals surface area contributed by atoms with Gasteiger partial charge in [-0.05, 0) is 32.9 Å². The van der Waals surface area contributed by atoms with E-state index in [1.165, 1.54) is 28.3 Å². The van der Waals surface area contributed by atoms with E-state index >= 15 is 0 Å². The van der Waals surface area contributed by atoms with Crippen molar-refractivity contribution in [3.63, 3.8) is 0 Å². The van der Waals surface area contributed by atoms with Gasteiger partial charge in [-0.15, -0.1) is 0 Å². The topological polar surface area (TPSA) is 126 Å². The monoisotopic (exact) mass is 501 g/mol. The van der Waals surface area contributed by atoms with Crippen molar-refractivity contribution in [3.05, 3.63) is 66.0 Å². The molecule has 0 saturated carbocycles. The molecular weight excluding hydrogens is 474 g/mol. The summed E-state index contributed by atoms with van der Waals surface area (Å²) >= 11 is 0. The van der Waals surface area contributed by atoms with Crippen molar-refractivity contribution in [2.75, 3.05) is 26.2 Å². The van der Waals surface area contributed by atoms with Gasteiger partial charge in [0.2, 0.25) is 0 Å². The van der Waals surface area contributed by atoms with Crippen LogP contribution in [0.25, 0.3) is 16.7 Å². The third kappa shape index (κ3) is 4.67. The number of fused-ring (bicyclic) bond motifs is 1. The Morgan fingerprint density at radius 3 is 2.35 bits per heavy atom. The lowest BCUT2D eigenvalue weighted by atomic mass is 10.1. The Morgan fingerprint density at radius 1 is 1.00 bits per heavy atom. The average Bonchev–Trinajstić information content (AvgIpc) is 3.55. The number of nitrogens with zero attached hydrogens (tertiary/aromatic N) is 6. The van der Waals surface area contributed by atoms with Crippen LogP contribution in [0.5, 0.6) is 5.75 Å². The van der Waals surface area contributed by atoms with Gasteiger partial charge in [0.1, 0.15) is 17.9 Å². The summed E-state index contributed by atoms with van der Waals surface area (Å²) in [6.07, 6.45) is 4.39. The second-order valence-electron chi connectivity index (χ2n) is 9.08. The Kier molecular flexibility index (Phi) is 6.43. The Hall–Kier alpha value is -4.54. The number of H-pyrrole nitrogens is 1. The highest BCUT2D eigenvalue weighted by Crippen LogP contribution is 2.32. The number of hydrogen-bond donors (Lipinski definition) is 1. The maximum atomic E-state index is 13.4. The first-order valence-electron chi connectivity index (χ1n) is 12.1. The number of ketones is 1. The maximum Gasteiger partial charge on any atom is 0.295 e. The third-order valence-electron chi connectivity index (χ3n) is 6.15. The molecule has 37 heavy (non-hydrogen) atoms. The van der Waals surface area contributed by atoms with Gasteiger partial charge in [0, 0.05) is 37.9 Å². The number of carbonyl (C=O) groups is 3.